The second-order valence-corrected chi connectivity index (χ2v) is 6.27. The molecule has 2 rings (SSSR count). The van der Waals surface area contributed by atoms with E-state index in [1.807, 2.05) is 37.3 Å². The average molecular weight is 383 g/mol. The molecule has 2 aromatic rings. The fourth-order valence-electron chi connectivity index (χ4n) is 1.97. The summed E-state index contributed by atoms with van der Waals surface area (Å²) in [6.07, 6.45) is -0.608. The van der Waals surface area contributed by atoms with Gasteiger partial charge in [-0.3, -0.25) is 4.79 Å². The lowest BCUT2D eigenvalue weighted by molar-refractivity contribution is -0.127. The molecule has 0 bridgehead atoms. The molecule has 116 valence electrons. The summed E-state index contributed by atoms with van der Waals surface area (Å²) in [5, 5.41) is 3.55. The molecule has 2 aromatic carbocycles. The largest absolute Gasteiger partial charge is 0.480 e. The van der Waals surface area contributed by atoms with Crippen molar-refractivity contribution >= 4 is 33.4 Å². The highest BCUT2D eigenvalue weighted by Crippen LogP contribution is 2.28. The number of hydrogen-bond donors (Lipinski definition) is 1. The Morgan fingerprint density at radius 1 is 1.18 bits per heavy atom. The molecule has 0 radical (unpaired) electrons. The highest BCUT2D eigenvalue weighted by molar-refractivity contribution is 9.10. The van der Waals surface area contributed by atoms with Crippen LogP contribution in [0.2, 0.25) is 5.02 Å². The summed E-state index contributed by atoms with van der Waals surface area (Å²) in [6, 6.07) is 14.9. The average Bonchev–Trinajstić information content (AvgIpc) is 2.50. The molecule has 1 amide bonds. The van der Waals surface area contributed by atoms with Crippen LogP contribution < -0.4 is 10.1 Å². The van der Waals surface area contributed by atoms with E-state index in [1.165, 1.54) is 0 Å². The normalized spacial score (nSPS) is 13.3. The van der Waals surface area contributed by atoms with E-state index in [2.05, 4.69) is 21.2 Å². The van der Waals surface area contributed by atoms with E-state index < -0.39 is 6.10 Å². The van der Waals surface area contributed by atoms with E-state index >= 15 is 0 Å². The summed E-state index contributed by atoms with van der Waals surface area (Å²) < 4.78 is 6.40. The van der Waals surface area contributed by atoms with Crippen molar-refractivity contribution in [1.82, 2.24) is 5.32 Å². The van der Waals surface area contributed by atoms with Crippen LogP contribution in [-0.2, 0) is 4.79 Å². The van der Waals surface area contributed by atoms with E-state index in [4.69, 9.17) is 16.3 Å². The molecular weight excluding hydrogens is 366 g/mol. The van der Waals surface area contributed by atoms with Gasteiger partial charge in [0.2, 0.25) is 0 Å². The first kappa shape index (κ1) is 16.8. The molecule has 0 spiro atoms. The maximum atomic E-state index is 12.2. The van der Waals surface area contributed by atoms with Crippen molar-refractivity contribution in [2.45, 2.75) is 26.0 Å². The van der Waals surface area contributed by atoms with Crippen LogP contribution >= 0.6 is 27.5 Å². The van der Waals surface area contributed by atoms with Crippen molar-refractivity contribution in [3.8, 4) is 5.75 Å². The number of benzene rings is 2. The summed E-state index contributed by atoms with van der Waals surface area (Å²) in [4.78, 5) is 12.2. The van der Waals surface area contributed by atoms with Gasteiger partial charge in [0.15, 0.2) is 6.10 Å². The Kier molecular flexibility index (Phi) is 5.86. The predicted molar refractivity (Wildman–Crippen MR) is 92.2 cm³/mol. The molecule has 0 saturated heterocycles. The van der Waals surface area contributed by atoms with E-state index in [0.717, 1.165) is 10.0 Å². The van der Waals surface area contributed by atoms with Gasteiger partial charge in [0.1, 0.15) is 5.75 Å². The van der Waals surface area contributed by atoms with Gasteiger partial charge in [-0.05, 0) is 53.5 Å². The van der Waals surface area contributed by atoms with Crippen LogP contribution in [0.3, 0.4) is 0 Å². The maximum absolute atomic E-state index is 12.2. The van der Waals surface area contributed by atoms with Crippen molar-refractivity contribution in [3.05, 3.63) is 63.6 Å². The van der Waals surface area contributed by atoms with Crippen LogP contribution in [-0.4, -0.2) is 12.0 Å². The first-order valence-electron chi connectivity index (χ1n) is 6.94. The van der Waals surface area contributed by atoms with Crippen molar-refractivity contribution in [2.75, 3.05) is 0 Å². The van der Waals surface area contributed by atoms with Crippen molar-refractivity contribution in [2.24, 2.45) is 0 Å². The van der Waals surface area contributed by atoms with Crippen molar-refractivity contribution in [3.63, 3.8) is 0 Å². The van der Waals surface area contributed by atoms with Gasteiger partial charge in [-0.15, -0.1) is 0 Å². The number of hydrogen-bond acceptors (Lipinski definition) is 2. The molecule has 0 aliphatic heterocycles. The van der Waals surface area contributed by atoms with Gasteiger partial charge in [0.25, 0.3) is 5.91 Å². The third kappa shape index (κ3) is 4.49. The third-order valence-corrected chi connectivity index (χ3v) is 4.08. The van der Waals surface area contributed by atoms with Crippen LogP contribution in [0, 0.1) is 0 Å². The number of carbonyl (C=O) groups is 1. The SMILES string of the molecule is CC(Oc1ccc(Cl)cc1Br)C(=O)NC(C)c1ccccc1. The molecule has 0 saturated carbocycles. The predicted octanol–water partition coefficient (Wildman–Crippen LogP) is 4.75. The number of amides is 1. The maximum Gasteiger partial charge on any atom is 0.261 e. The molecule has 5 heteroatoms. The zero-order valence-corrected chi connectivity index (χ0v) is 14.7. The lowest BCUT2D eigenvalue weighted by Crippen LogP contribution is -2.37. The minimum atomic E-state index is -0.608. The first-order valence-corrected chi connectivity index (χ1v) is 8.11. The smallest absolute Gasteiger partial charge is 0.261 e. The number of nitrogens with one attached hydrogen (secondary N) is 1. The molecule has 22 heavy (non-hydrogen) atoms. The molecule has 2 atom stereocenters. The summed E-state index contributed by atoms with van der Waals surface area (Å²) in [5.41, 5.74) is 1.05. The van der Waals surface area contributed by atoms with Crippen molar-refractivity contribution < 1.29 is 9.53 Å². The molecule has 3 nitrogen and oxygen atoms in total. The minimum absolute atomic E-state index is 0.0755. The Morgan fingerprint density at radius 3 is 2.50 bits per heavy atom. The minimum Gasteiger partial charge on any atom is -0.480 e. The van der Waals surface area contributed by atoms with Crippen LogP contribution in [0.25, 0.3) is 0 Å². The van der Waals surface area contributed by atoms with Crippen molar-refractivity contribution in [1.29, 1.82) is 0 Å². The standard InChI is InChI=1S/C17H17BrClNO2/c1-11(13-6-4-3-5-7-13)20-17(21)12(2)22-16-9-8-14(19)10-15(16)18/h3-12H,1-2H3,(H,20,21). The van der Waals surface area contributed by atoms with E-state index in [9.17, 15) is 4.79 Å². The summed E-state index contributed by atoms with van der Waals surface area (Å²) in [7, 11) is 0. The monoisotopic (exact) mass is 381 g/mol. The molecule has 1 N–H and O–H groups in total. The quantitative estimate of drug-likeness (QED) is 0.810. The number of carbonyl (C=O) groups excluding carboxylic acids is 1. The van der Waals surface area contributed by atoms with E-state index in [1.54, 1.807) is 25.1 Å². The Hall–Kier alpha value is -1.52. The van der Waals surface area contributed by atoms with Gasteiger partial charge >= 0.3 is 0 Å². The zero-order chi connectivity index (χ0) is 16.1. The molecule has 0 aromatic heterocycles. The van der Waals surface area contributed by atoms with Crippen LogP contribution in [0.1, 0.15) is 25.5 Å². The zero-order valence-electron chi connectivity index (χ0n) is 12.3. The van der Waals surface area contributed by atoms with Gasteiger partial charge in [-0.1, -0.05) is 41.9 Å². The second-order valence-electron chi connectivity index (χ2n) is 4.98. The Balaban J connectivity index is 1.97. The van der Waals surface area contributed by atoms with E-state index in [-0.39, 0.29) is 11.9 Å². The number of rotatable bonds is 5. The molecule has 0 aliphatic carbocycles. The second kappa shape index (κ2) is 7.65. The first-order chi connectivity index (χ1) is 10.5. The fraction of sp³-hybridized carbons (Fsp3) is 0.235. The Morgan fingerprint density at radius 2 is 1.86 bits per heavy atom. The van der Waals surface area contributed by atoms with Crippen LogP contribution in [0.5, 0.6) is 5.75 Å². The number of halogens is 2. The highest BCUT2D eigenvalue weighted by atomic mass is 79.9. The molecule has 2 unspecified atom stereocenters. The Bertz CT molecular complexity index is 648. The van der Waals surface area contributed by atoms with E-state index in [0.29, 0.717) is 10.8 Å². The van der Waals surface area contributed by atoms with Gasteiger partial charge in [0.05, 0.1) is 10.5 Å². The fourth-order valence-corrected chi connectivity index (χ4v) is 2.75. The topological polar surface area (TPSA) is 38.3 Å². The Labute approximate surface area is 143 Å². The number of ether oxygens (including phenoxy) is 1. The molecule has 0 heterocycles. The summed E-state index contributed by atoms with van der Waals surface area (Å²) in [6.45, 7) is 3.66. The third-order valence-electron chi connectivity index (χ3n) is 3.23. The summed E-state index contributed by atoms with van der Waals surface area (Å²) in [5.74, 6) is 0.414. The van der Waals surface area contributed by atoms with Gasteiger partial charge in [-0.25, -0.2) is 0 Å². The summed E-state index contributed by atoms with van der Waals surface area (Å²) >= 11 is 9.26. The lowest BCUT2D eigenvalue weighted by atomic mass is 10.1. The van der Waals surface area contributed by atoms with Crippen LogP contribution in [0.4, 0.5) is 0 Å². The highest BCUT2D eigenvalue weighted by Gasteiger charge is 2.18. The van der Waals surface area contributed by atoms with Gasteiger partial charge in [0, 0.05) is 5.02 Å². The molecule has 0 fully saturated rings. The van der Waals surface area contributed by atoms with Crippen LogP contribution in [0.15, 0.2) is 53.0 Å². The van der Waals surface area contributed by atoms with Gasteiger partial charge in [-0.2, -0.15) is 0 Å². The molecular formula is C17H17BrClNO2. The lowest BCUT2D eigenvalue weighted by Gasteiger charge is -2.19. The van der Waals surface area contributed by atoms with Gasteiger partial charge < -0.3 is 10.1 Å². The molecule has 0 aliphatic rings.